The van der Waals surface area contributed by atoms with Crippen molar-refractivity contribution in [3.63, 3.8) is 0 Å². The van der Waals surface area contributed by atoms with Crippen molar-refractivity contribution in [2.45, 2.75) is 25.7 Å². The number of nitrogens with one attached hydrogen (secondary N) is 3. The van der Waals surface area contributed by atoms with Crippen LogP contribution in [0, 0.1) is 12.8 Å². The first kappa shape index (κ1) is 14.7. The zero-order valence-corrected chi connectivity index (χ0v) is 11.5. The van der Waals surface area contributed by atoms with Crippen LogP contribution in [0.25, 0.3) is 0 Å². The normalized spacial score (nSPS) is 11.8. The van der Waals surface area contributed by atoms with Gasteiger partial charge in [0.05, 0.1) is 11.9 Å². The molecule has 0 saturated heterocycles. The lowest BCUT2D eigenvalue weighted by Gasteiger charge is -2.08. The number of aromatic nitrogens is 2. The van der Waals surface area contributed by atoms with Crippen LogP contribution in [0.1, 0.15) is 19.5 Å². The molecule has 1 aromatic heterocycles. The third-order valence-corrected chi connectivity index (χ3v) is 3.89. The fourth-order valence-corrected chi connectivity index (χ4v) is 2.43. The van der Waals surface area contributed by atoms with E-state index in [0.29, 0.717) is 5.69 Å². The number of sulfonamides is 1. The van der Waals surface area contributed by atoms with E-state index in [1.165, 1.54) is 6.20 Å². The smallest absolute Gasteiger partial charge is 0.244 e. The number of carbonyl (C=O) groups is 1. The molecule has 102 valence electrons. The Bertz CT molecular complexity index is 507. The molecule has 0 aliphatic heterocycles. The maximum atomic E-state index is 11.8. The molecule has 0 fully saturated rings. The SMILES string of the molecule is Cc1[nH]ncc1S(=O)(=O)NCCNC(=O)C(C)C. The van der Waals surface area contributed by atoms with Crippen LogP contribution in [-0.4, -0.2) is 37.6 Å². The fraction of sp³-hybridized carbons (Fsp3) is 0.600. The summed E-state index contributed by atoms with van der Waals surface area (Å²) in [6.07, 6.45) is 1.25. The van der Waals surface area contributed by atoms with E-state index in [0.717, 1.165) is 0 Å². The third kappa shape index (κ3) is 3.81. The number of hydrogen-bond acceptors (Lipinski definition) is 4. The Hall–Kier alpha value is -1.41. The lowest BCUT2D eigenvalue weighted by atomic mass is 10.2. The van der Waals surface area contributed by atoms with E-state index in [2.05, 4.69) is 20.2 Å². The molecule has 0 aromatic carbocycles. The maximum absolute atomic E-state index is 11.8. The molecular weight excluding hydrogens is 256 g/mol. The molecule has 0 spiro atoms. The number of rotatable bonds is 6. The largest absolute Gasteiger partial charge is 0.355 e. The number of amides is 1. The highest BCUT2D eigenvalue weighted by Crippen LogP contribution is 2.09. The second-order valence-electron chi connectivity index (χ2n) is 4.20. The Morgan fingerprint density at radius 2 is 2.11 bits per heavy atom. The summed E-state index contributed by atoms with van der Waals surface area (Å²) in [7, 11) is -3.56. The van der Waals surface area contributed by atoms with Gasteiger partial charge in [0.15, 0.2) is 0 Å². The first-order chi connectivity index (χ1) is 8.34. The summed E-state index contributed by atoms with van der Waals surface area (Å²) in [4.78, 5) is 11.4. The number of hydrogen-bond donors (Lipinski definition) is 3. The van der Waals surface area contributed by atoms with Crippen molar-refractivity contribution in [2.75, 3.05) is 13.1 Å². The van der Waals surface area contributed by atoms with Crippen molar-refractivity contribution in [3.05, 3.63) is 11.9 Å². The lowest BCUT2D eigenvalue weighted by Crippen LogP contribution is -2.36. The highest BCUT2D eigenvalue weighted by molar-refractivity contribution is 7.89. The maximum Gasteiger partial charge on any atom is 0.244 e. The predicted octanol–water partition coefficient (Wildman–Crippen LogP) is -0.231. The van der Waals surface area contributed by atoms with Gasteiger partial charge in [0.2, 0.25) is 15.9 Å². The van der Waals surface area contributed by atoms with E-state index in [-0.39, 0.29) is 29.8 Å². The summed E-state index contributed by atoms with van der Waals surface area (Å²) < 4.78 is 26.0. The van der Waals surface area contributed by atoms with Crippen LogP contribution >= 0.6 is 0 Å². The molecular formula is C10H18N4O3S. The molecule has 1 aromatic rings. The molecule has 0 saturated carbocycles. The van der Waals surface area contributed by atoms with Crippen molar-refractivity contribution < 1.29 is 13.2 Å². The minimum absolute atomic E-state index is 0.103. The predicted molar refractivity (Wildman–Crippen MR) is 66.4 cm³/mol. The second kappa shape index (κ2) is 5.96. The van der Waals surface area contributed by atoms with Gasteiger partial charge in [-0.25, -0.2) is 13.1 Å². The summed E-state index contributed by atoms with van der Waals surface area (Å²) in [5.41, 5.74) is 0.480. The fourth-order valence-electron chi connectivity index (χ4n) is 1.26. The molecule has 3 N–H and O–H groups in total. The molecule has 8 heteroatoms. The highest BCUT2D eigenvalue weighted by Gasteiger charge is 2.17. The van der Waals surface area contributed by atoms with E-state index < -0.39 is 10.0 Å². The van der Waals surface area contributed by atoms with Gasteiger partial charge in [-0.05, 0) is 6.92 Å². The minimum atomic E-state index is -3.56. The Morgan fingerprint density at radius 3 is 2.61 bits per heavy atom. The van der Waals surface area contributed by atoms with Crippen molar-refractivity contribution in [1.82, 2.24) is 20.2 Å². The summed E-state index contributed by atoms with van der Waals surface area (Å²) in [5, 5.41) is 8.84. The molecule has 0 aliphatic carbocycles. The van der Waals surface area contributed by atoms with Crippen LogP contribution < -0.4 is 10.0 Å². The number of aryl methyl sites for hydroxylation is 1. The molecule has 0 radical (unpaired) electrons. The lowest BCUT2D eigenvalue weighted by molar-refractivity contribution is -0.123. The Morgan fingerprint density at radius 1 is 1.44 bits per heavy atom. The Labute approximate surface area is 106 Å². The highest BCUT2D eigenvalue weighted by atomic mass is 32.2. The standard InChI is InChI=1S/C10H18N4O3S/c1-7(2)10(15)11-4-5-13-18(16,17)9-6-12-14-8(9)3/h6-7,13H,4-5H2,1-3H3,(H,11,15)(H,12,14). The van der Waals surface area contributed by atoms with E-state index in [4.69, 9.17) is 0 Å². The van der Waals surface area contributed by atoms with Gasteiger partial charge < -0.3 is 5.32 Å². The van der Waals surface area contributed by atoms with Gasteiger partial charge >= 0.3 is 0 Å². The number of aromatic amines is 1. The van der Waals surface area contributed by atoms with E-state index in [1.807, 2.05) is 0 Å². The van der Waals surface area contributed by atoms with E-state index in [9.17, 15) is 13.2 Å². The van der Waals surface area contributed by atoms with Gasteiger partial charge in [0.25, 0.3) is 0 Å². The minimum Gasteiger partial charge on any atom is -0.355 e. The summed E-state index contributed by atoms with van der Waals surface area (Å²) in [5.74, 6) is -0.216. The number of nitrogens with zero attached hydrogens (tertiary/aromatic N) is 1. The monoisotopic (exact) mass is 274 g/mol. The topological polar surface area (TPSA) is 104 Å². The average molecular weight is 274 g/mol. The Kier molecular flexibility index (Phi) is 4.85. The summed E-state index contributed by atoms with van der Waals surface area (Å²) in [6, 6.07) is 0. The van der Waals surface area contributed by atoms with Gasteiger partial charge in [-0.3, -0.25) is 9.89 Å². The molecule has 1 heterocycles. The van der Waals surface area contributed by atoms with Crippen molar-refractivity contribution in [1.29, 1.82) is 0 Å². The van der Waals surface area contributed by atoms with Crippen LogP contribution in [0.3, 0.4) is 0 Å². The second-order valence-corrected chi connectivity index (χ2v) is 5.94. The molecule has 1 amide bonds. The van der Waals surface area contributed by atoms with Crippen LogP contribution in [0.4, 0.5) is 0 Å². The van der Waals surface area contributed by atoms with Gasteiger partial charge in [0, 0.05) is 19.0 Å². The van der Waals surface area contributed by atoms with Gasteiger partial charge in [-0.1, -0.05) is 13.8 Å². The number of H-pyrrole nitrogens is 1. The van der Waals surface area contributed by atoms with Crippen LogP contribution in [0.5, 0.6) is 0 Å². The molecule has 0 atom stereocenters. The molecule has 0 unspecified atom stereocenters. The first-order valence-electron chi connectivity index (χ1n) is 5.62. The van der Waals surface area contributed by atoms with Gasteiger partial charge in [0.1, 0.15) is 4.90 Å². The first-order valence-corrected chi connectivity index (χ1v) is 7.10. The quantitative estimate of drug-likeness (QED) is 0.623. The van der Waals surface area contributed by atoms with Gasteiger partial charge in [-0.15, -0.1) is 0 Å². The average Bonchev–Trinajstić information content (AvgIpc) is 2.71. The number of carbonyl (C=O) groups excluding carboxylic acids is 1. The molecule has 18 heavy (non-hydrogen) atoms. The van der Waals surface area contributed by atoms with E-state index in [1.54, 1.807) is 20.8 Å². The Balaban J connectivity index is 2.45. The van der Waals surface area contributed by atoms with Crippen LogP contribution in [0.2, 0.25) is 0 Å². The third-order valence-electron chi connectivity index (χ3n) is 2.31. The van der Waals surface area contributed by atoms with Crippen molar-refractivity contribution >= 4 is 15.9 Å². The summed E-state index contributed by atoms with van der Waals surface area (Å²) >= 11 is 0. The van der Waals surface area contributed by atoms with Crippen LogP contribution in [-0.2, 0) is 14.8 Å². The zero-order valence-electron chi connectivity index (χ0n) is 10.6. The van der Waals surface area contributed by atoms with Gasteiger partial charge in [-0.2, -0.15) is 5.10 Å². The van der Waals surface area contributed by atoms with Crippen LogP contribution in [0.15, 0.2) is 11.1 Å². The van der Waals surface area contributed by atoms with E-state index >= 15 is 0 Å². The molecule has 7 nitrogen and oxygen atoms in total. The zero-order chi connectivity index (χ0) is 13.8. The summed E-state index contributed by atoms with van der Waals surface area (Å²) in [6.45, 7) is 5.57. The van der Waals surface area contributed by atoms with Crippen molar-refractivity contribution in [3.8, 4) is 0 Å². The van der Waals surface area contributed by atoms with Crippen molar-refractivity contribution in [2.24, 2.45) is 5.92 Å². The molecule has 1 rings (SSSR count). The molecule has 0 aliphatic rings. The molecule has 0 bridgehead atoms.